The van der Waals surface area contributed by atoms with Crippen LogP contribution in [0.1, 0.15) is 124 Å². The molecular formula is C30H68ClN3. The monoisotopic (exact) mass is 506 g/mol. The van der Waals surface area contributed by atoms with E-state index in [9.17, 15) is 0 Å². The normalized spacial score (nSPS) is 11.4. The van der Waals surface area contributed by atoms with Gasteiger partial charge in [0.05, 0.1) is 55.4 Å². The number of quaternary nitrogens is 2. The summed E-state index contributed by atoms with van der Waals surface area (Å²) in [5, 5.41) is 0. The van der Waals surface area contributed by atoms with Crippen LogP contribution in [-0.4, -0.2) is 70.9 Å². The summed E-state index contributed by atoms with van der Waals surface area (Å²) in [6.45, 7) is 9.87. The van der Waals surface area contributed by atoms with Crippen molar-refractivity contribution in [1.82, 2.24) is 0 Å². The molecule has 3 nitrogen and oxygen atoms in total. The number of hydrogen-bond donors (Lipinski definition) is 0. The van der Waals surface area contributed by atoms with Gasteiger partial charge < -0.3 is 27.1 Å². The van der Waals surface area contributed by atoms with Crippen LogP contribution in [0.5, 0.6) is 0 Å². The molecule has 0 rings (SSSR count). The molecule has 0 aromatic rings. The Morgan fingerprint density at radius 2 is 0.794 bits per heavy atom. The van der Waals surface area contributed by atoms with Crippen LogP contribution < -0.4 is 12.4 Å². The molecule has 0 atom stereocenters. The van der Waals surface area contributed by atoms with Crippen LogP contribution in [0.2, 0.25) is 0 Å². The van der Waals surface area contributed by atoms with Crippen molar-refractivity contribution in [3.05, 3.63) is 17.9 Å². The predicted molar refractivity (Wildman–Crippen MR) is 155 cm³/mol. The lowest BCUT2D eigenvalue weighted by molar-refractivity contribution is -0.870. The van der Waals surface area contributed by atoms with Crippen LogP contribution in [0.3, 0.4) is 0 Å². The fourth-order valence-electron chi connectivity index (χ4n) is 3.71. The van der Waals surface area contributed by atoms with E-state index in [1.54, 1.807) is 0 Å². The molecule has 0 aliphatic rings. The van der Waals surface area contributed by atoms with Gasteiger partial charge in [0.2, 0.25) is 0 Å². The van der Waals surface area contributed by atoms with E-state index < -0.39 is 0 Å². The summed E-state index contributed by atoms with van der Waals surface area (Å²) in [5.74, 6) is 0. The standard InChI is InChI=1S/C18H36N.2C6H16N.ClH/c1-2-3-4-5-6-7-8-9-10-11-12-13-14-15-16-17-18-19;2*1-5-6-7(2,3)4;/h9-10,19H,2-8,11-18H2,1H3;2*5-6H2,1-4H3;1H/q-1;2*+1;/p-1/b10-9-;;;. The third-order valence-corrected chi connectivity index (χ3v) is 5.48. The van der Waals surface area contributed by atoms with Gasteiger partial charge in [-0.3, -0.25) is 0 Å². The average molecular weight is 506 g/mol. The van der Waals surface area contributed by atoms with Crippen LogP contribution in [0.15, 0.2) is 12.2 Å². The van der Waals surface area contributed by atoms with Crippen LogP contribution in [-0.2, 0) is 0 Å². The van der Waals surface area contributed by atoms with Crippen LogP contribution in [0, 0.1) is 0 Å². The second-order valence-corrected chi connectivity index (χ2v) is 11.7. The van der Waals surface area contributed by atoms with Crippen molar-refractivity contribution in [2.75, 3.05) is 61.9 Å². The first-order valence-corrected chi connectivity index (χ1v) is 14.4. The second-order valence-electron chi connectivity index (χ2n) is 11.7. The van der Waals surface area contributed by atoms with E-state index in [-0.39, 0.29) is 12.4 Å². The lowest BCUT2D eigenvalue weighted by Crippen LogP contribution is -3.00. The number of nitrogens with zero attached hydrogens (tertiary/aromatic N) is 2. The highest BCUT2D eigenvalue weighted by atomic mass is 35.5. The zero-order valence-electron chi connectivity index (χ0n) is 25.4. The maximum Gasteiger partial charge on any atom is 0.0777 e. The Labute approximate surface area is 224 Å². The number of allylic oxidation sites excluding steroid dienone is 2. The van der Waals surface area contributed by atoms with Crippen molar-refractivity contribution in [2.45, 2.75) is 124 Å². The molecule has 0 aliphatic carbocycles. The molecule has 0 spiro atoms. The molecule has 0 unspecified atom stereocenters. The molecule has 0 saturated heterocycles. The molecule has 1 N–H and O–H groups in total. The topological polar surface area (TPSA) is 23.8 Å². The largest absolute Gasteiger partial charge is 1.00 e. The van der Waals surface area contributed by atoms with E-state index in [1.807, 2.05) is 0 Å². The van der Waals surface area contributed by atoms with Crippen molar-refractivity contribution in [3.63, 3.8) is 0 Å². The van der Waals surface area contributed by atoms with Crippen molar-refractivity contribution in [1.29, 1.82) is 0 Å². The minimum absolute atomic E-state index is 0. The molecule has 0 fully saturated rings. The first kappa shape index (κ1) is 41.1. The molecule has 0 bridgehead atoms. The van der Waals surface area contributed by atoms with E-state index in [4.69, 9.17) is 5.73 Å². The molecule has 4 heteroatoms. The quantitative estimate of drug-likeness (QED) is 0.112. The Morgan fingerprint density at radius 3 is 1.06 bits per heavy atom. The Kier molecular flexibility index (Phi) is 37.4. The van der Waals surface area contributed by atoms with Gasteiger partial charge in [0.15, 0.2) is 0 Å². The lowest BCUT2D eigenvalue weighted by atomic mass is 10.1. The van der Waals surface area contributed by atoms with Gasteiger partial charge in [-0.1, -0.05) is 97.1 Å². The lowest BCUT2D eigenvalue weighted by Gasteiger charge is -2.22. The van der Waals surface area contributed by atoms with E-state index in [1.165, 1.54) is 109 Å². The summed E-state index contributed by atoms with van der Waals surface area (Å²) < 4.78 is 2.19. The van der Waals surface area contributed by atoms with Gasteiger partial charge in [-0.15, -0.1) is 0 Å². The maximum absolute atomic E-state index is 7.07. The summed E-state index contributed by atoms with van der Waals surface area (Å²) in [6, 6.07) is 0. The number of halogens is 1. The second kappa shape index (κ2) is 30.9. The van der Waals surface area contributed by atoms with E-state index >= 15 is 0 Å². The van der Waals surface area contributed by atoms with Crippen molar-refractivity contribution >= 4 is 0 Å². The van der Waals surface area contributed by atoms with Gasteiger partial charge in [0.25, 0.3) is 0 Å². The molecule has 0 amide bonds. The minimum Gasteiger partial charge on any atom is -1.00 e. The van der Waals surface area contributed by atoms with Crippen LogP contribution in [0.25, 0.3) is 5.73 Å². The molecule has 0 aromatic carbocycles. The molecule has 34 heavy (non-hydrogen) atoms. The van der Waals surface area contributed by atoms with Gasteiger partial charge in [0.1, 0.15) is 0 Å². The highest BCUT2D eigenvalue weighted by Gasteiger charge is 2.02. The van der Waals surface area contributed by atoms with E-state index in [2.05, 4.69) is 75.2 Å². The van der Waals surface area contributed by atoms with Crippen molar-refractivity contribution in [3.8, 4) is 0 Å². The zero-order chi connectivity index (χ0) is 25.8. The highest BCUT2D eigenvalue weighted by Crippen LogP contribution is 2.09. The third kappa shape index (κ3) is 53.3. The molecule has 210 valence electrons. The number of unbranched alkanes of at least 4 members (excludes halogenated alkanes) is 12. The van der Waals surface area contributed by atoms with Gasteiger partial charge in [-0.25, -0.2) is 0 Å². The van der Waals surface area contributed by atoms with Crippen LogP contribution in [0.4, 0.5) is 0 Å². The Balaban J connectivity index is -0.000000247. The Hall–Kier alpha value is -0.0900. The smallest absolute Gasteiger partial charge is 0.0777 e. The van der Waals surface area contributed by atoms with Gasteiger partial charge in [0, 0.05) is 0 Å². The zero-order valence-corrected chi connectivity index (χ0v) is 26.1. The maximum atomic E-state index is 7.07. The van der Waals surface area contributed by atoms with Gasteiger partial charge in [-0.2, -0.15) is 6.54 Å². The summed E-state index contributed by atoms with van der Waals surface area (Å²) in [5.41, 5.74) is 7.07. The molecular weight excluding hydrogens is 438 g/mol. The average Bonchev–Trinajstić information content (AvgIpc) is 2.70. The SMILES string of the molecule is CCCCCCCC/C=C\CCCCCCCC[NH-].CCC[N+](C)(C)C.CCC[N+](C)(C)C.[Cl-]. The Bertz CT molecular complexity index is 354. The van der Waals surface area contributed by atoms with Crippen molar-refractivity contribution < 1.29 is 21.4 Å². The van der Waals surface area contributed by atoms with Crippen molar-refractivity contribution in [2.24, 2.45) is 0 Å². The van der Waals surface area contributed by atoms with Crippen LogP contribution >= 0.6 is 0 Å². The fourth-order valence-corrected chi connectivity index (χ4v) is 3.71. The highest BCUT2D eigenvalue weighted by molar-refractivity contribution is 4.81. The first-order chi connectivity index (χ1) is 15.5. The summed E-state index contributed by atoms with van der Waals surface area (Å²) in [7, 11) is 13.3. The fraction of sp³-hybridized carbons (Fsp3) is 0.933. The minimum atomic E-state index is 0. The number of nitrogens with one attached hydrogen (secondary N) is 1. The summed E-state index contributed by atoms with van der Waals surface area (Å²) >= 11 is 0. The summed E-state index contributed by atoms with van der Waals surface area (Å²) in [4.78, 5) is 0. The molecule has 0 aromatic heterocycles. The molecule has 0 heterocycles. The van der Waals surface area contributed by atoms with Gasteiger partial charge in [-0.05, 0) is 38.5 Å². The number of hydrogen-bond acceptors (Lipinski definition) is 0. The van der Waals surface area contributed by atoms with E-state index in [0.29, 0.717) is 6.54 Å². The van der Waals surface area contributed by atoms with E-state index in [0.717, 1.165) is 15.4 Å². The molecule has 0 saturated carbocycles. The third-order valence-electron chi connectivity index (χ3n) is 5.48. The Morgan fingerprint density at radius 1 is 0.471 bits per heavy atom. The first-order valence-electron chi connectivity index (χ1n) is 14.4. The predicted octanol–water partition coefficient (Wildman–Crippen LogP) is 6.29. The van der Waals surface area contributed by atoms with Gasteiger partial charge >= 0.3 is 0 Å². The summed E-state index contributed by atoms with van der Waals surface area (Å²) in [6.07, 6.45) is 26.1. The number of rotatable bonds is 19. The molecule has 0 aliphatic heterocycles. The molecule has 0 radical (unpaired) electrons.